The monoisotopic (exact) mass is 452 g/mol. The van der Waals surface area contributed by atoms with Crippen LogP contribution in [-0.2, 0) is 16.0 Å². The van der Waals surface area contributed by atoms with Gasteiger partial charge in [0.05, 0.1) is 0 Å². The Bertz CT molecular complexity index is 1330. The largest absolute Gasteiger partial charge is 0.480 e. The highest BCUT2D eigenvalue weighted by Gasteiger charge is 2.32. The summed E-state index contributed by atoms with van der Waals surface area (Å²) in [5.41, 5.74) is 5.31. The molecule has 0 fully saturated rings. The normalized spacial score (nSPS) is 13.2. The zero-order chi connectivity index (χ0) is 23.7. The van der Waals surface area contributed by atoms with Gasteiger partial charge in [0.1, 0.15) is 12.6 Å². The number of hydrogen-bond donors (Lipinski definition) is 1. The van der Waals surface area contributed by atoms with Gasteiger partial charge in [-0.3, -0.25) is 9.88 Å². The first-order chi connectivity index (χ1) is 16.5. The molecule has 0 saturated heterocycles. The minimum absolute atomic E-state index is 0.0860. The van der Waals surface area contributed by atoms with Crippen molar-refractivity contribution in [1.82, 2.24) is 9.88 Å². The van der Waals surface area contributed by atoms with E-state index in [1.807, 2.05) is 60.7 Å². The molecule has 0 bridgehead atoms. The van der Waals surface area contributed by atoms with Crippen molar-refractivity contribution in [2.45, 2.75) is 18.4 Å². The third kappa shape index (κ3) is 3.88. The summed E-state index contributed by atoms with van der Waals surface area (Å²) in [5, 5.41) is 11.7. The number of fused-ring (bicyclic) bond motifs is 4. The Morgan fingerprint density at radius 3 is 2.32 bits per heavy atom. The van der Waals surface area contributed by atoms with Crippen LogP contribution in [0.5, 0.6) is 0 Å². The van der Waals surface area contributed by atoms with Crippen LogP contribution < -0.4 is 0 Å². The first-order valence-electron chi connectivity index (χ1n) is 11.2. The molecule has 1 aliphatic carbocycles. The van der Waals surface area contributed by atoms with E-state index in [4.69, 9.17) is 4.74 Å². The van der Waals surface area contributed by atoms with Crippen molar-refractivity contribution in [3.8, 4) is 11.1 Å². The maximum Gasteiger partial charge on any atom is 0.410 e. The number of benzene rings is 3. The second-order valence-electron chi connectivity index (χ2n) is 8.49. The summed E-state index contributed by atoms with van der Waals surface area (Å²) >= 11 is 0. The maximum absolute atomic E-state index is 13.0. The molecule has 1 N–H and O–H groups in total. The molecule has 3 aromatic carbocycles. The summed E-state index contributed by atoms with van der Waals surface area (Å²) in [6, 6.07) is 22.7. The number of carboxylic acid groups (broad SMARTS) is 1. The van der Waals surface area contributed by atoms with Crippen LogP contribution in [0.15, 0.2) is 85.2 Å². The predicted octanol–water partition coefficient (Wildman–Crippen LogP) is 5.11. The Hall–Kier alpha value is -4.19. The van der Waals surface area contributed by atoms with Crippen LogP contribution >= 0.6 is 0 Å². The second-order valence-corrected chi connectivity index (χ2v) is 8.49. The number of nitrogens with zero attached hydrogens (tertiary/aromatic N) is 2. The van der Waals surface area contributed by atoms with Gasteiger partial charge in [0.15, 0.2) is 0 Å². The molecule has 1 atom stereocenters. The molecule has 0 radical (unpaired) electrons. The number of carbonyl (C=O) groups excluding carboxylic acids is 1. The Balaban J connectivity index is 1.33. The van der Waals surface area contributed by atoms with Gasteiger partial charge in [0, 0.05) is 37.2 Å². The van der Waals surface area contributed by atoms with Crippen LogP contribution in [-0.4, -0.2) is 46.7 Å². The molecule has 1 aromatic heterocycles. The van der Waals surface area contributed by atoms with Gasteiger partial charge in [-0.1, -0.05) is 66.7 Å². The highest BCUT2D eigenvalue weighted by Crippen LogP contribution is 2.44. The summed E-state index contributed by atoms with van der Waals surface area (Å²) in [4.78, 5) is 30.4. The van der Waals surface area contributed by atoms with Crippen molar-refractivity contribution < 1.29 is 19.4 Å². The smallest absolute Gasteiger partial charge is 0.410 e. The van der Waals surface area contributed by atoms with Crippen LogP contribution in [0.3, 0.4) is 0 Å². The van der Waals surface area contributed by atoms with Crippen LogP contribution in [0.1, 0.15) is 22.6 Å². The summed E-state index contributed by atoms with van der Waals surface area (Å²) in [5.74, 6) is -1.17. The summed E-state index contributed by atoms with van der Waals surface area (Å²) < 4.78 is 5.67. The average molecular weight is 453 g/mol. The van der Waals surface area contributed by atoms with E-state index in [9.17, 15) is 14.7 Å². The van der Waals surface area contributed by atoms with Gasteiger partial charge in [-0.15, -0.1) is 0 Å². The Kier molecular flexibility index (Phi) is 5.72. The average Bonchev–Trinajstić information content (AvgIpc) is 3.19. The van der Waals surface area contributed by atoms with Gasteiger partial charge < -0.3 is 9.84 Å². The molecule has 5 rings (SSSR count). The summed E-state index contributed by atoms with van der Waals surface area (Å²) in [6.45, 7) is 0.141. The molecule has 1 aliphatic rings. The Morgan fingerprint density at radius 2 is 1.65 bits per heavy atom. The lowest BCUT2D eigenvalue weighted by molar-refractivity contribution is -0.142. The maximum atomic E-state index is 13.0. The number of aliphatic carboxylic acids is 1. The highest BCUT2D eigenvalue weighted by atomic mass is 16.6. The zero-order valence-corrected chi connectivity index (χ0v) is 18.7. The molecule has 6 nitrogen and oxygen atoms in total. The predicted molar refractivity (Wildman–Crippen MR) is 130 cm³/mol. The fourth-order valence-electron chi connectivity index (χ4n) is 4.78. The molecule has 1 amide bonds. The quantitative estimate of drug-likeness (QED) is 0.440. The number of pyridine rings is 1. The number of likely N-dealkylation sites (N-methyl/N-ethyl adjacent to an activating group) is 1. The third-order valence-corrected chi connectivity index (χ3v) is 6.56. The molecule has 6 heteroatoms. The van der Waals surface area contributed by atoms with E-state index in [1.165, 1.54) is 11.9 Å². The molecule has 4 aromatic rings. The first-order valence-corrected chi connectivity index (χ1v) is 11.2. The molecule has 0 spiro atoms. The van der Waals surface area contributed by atoms with Crippen molar-refractivity contribution >= 4 is 22.8 Å². The second kappa shape index (κ2) is 8.98. The summed E-state index contributed by atoms with van der Waals surface area (Å²) in [7, 11) is 1.47. The van der Waals surface area contributed by atoms with E-state index in [1.54, 1.807) is 12.4 Å². The van der Waals surface area contributed by atoms with E-state index < -0.39 is 18.1 Å². The van der Waals surface area contributed by atoms with Gasteiger partial charge in [-0.05, 0) is 39.3 Å². The molecule has 170 valence electrons. The SMILES string of the molecule is CN(C(=O)OCC1c2ccccc2-c2ccccc21)[C@@H](Cc1cccc2ccncc12)C(=O)O. The Morgan fingerprint density at radius 1 is 0.971 bits per heavy atom. The first kappa shape index (κ1) is 21.6. The molecular weight excluding hydrogens is 428 g/mol. The van der Waals surface area contributed by atoms with Crippen molar-refractivity contribution in [3.05, 3.63) is 102 Å². The molecule has 0 unspecified atom stereocenters. The number of carboxylic acids is 1. The lowest BCUT2D eigenvalue weighted by atomic mass is 9.98. The van der Waals surface area contributed by atoms with E-state index in [0.29, 0.717) is 0 Å². The number of aromatic nitrogens is 1. The minimum Gasteiger partial charge on any atom is -0.480 e. The van der Waals surface area contributed by atoms with Crippen molar-refractivity contribution in [3.63, 3.8) is 0 Å². The lowest BCUT2D eigenvalue weighted by Crippen LogP contribution is -2.44. The summed E-state index contributed by atoms with van der Waals surface area (Å²) in [6.07, 6.45) is 2.91. The number of carbonyl (C=O) groups is 2. The van der Waals surface area contributed by atoms with Crippen molar-refractivity contribution in [1.29, 1.82) is 0 Å². The molecule has 0 saturated carbocycles. The molecule has 0 aliphatic heterocycles. The lowest BCUT2D eigenvalue weighted by Gasteiger charge is -2.25. The number of ether oxygens (including phenoxy) is 1. The molecular formula is C28H24N2O4. The van der Waals surface area contributed by atoms with E-state index in [-0.39, 0.29) is 18.9 Å². The highest BCUT2D eigenvalue weighted by molar-refractivity contribution is 5.86. The Labute approximate surface area is 197 Å². The van der Waals surface area contributed by atoms with E-state index in [0.717, 1.165) is 38.6 Å². The van der Waals surface area contributed by atoms with Crippen LogP contribution in [0, 0.1) is 0 Å². The van der Waals surface area contributed by atoms with Crippen LogP contribution in [0.25, 0.3) is 21.9 Å². The van der Waals surface area contributed by atoms with Gasteiger partial charge in [0.2, 0.25) is 0 Å². The fraction of sp³-hybridized carbons (Fsp3) is 0.179. The number of hydrogen-bond acceptors (Lipinski definition) is 4. The zero-order valence-electron chi connectivity index (χ0n) is 18.7. The van der Waals surface area contributed by atoms with Crippen LogP contribution in [0.4, 0.5) is 4.79 Å². The van der Waals surface area contributed by atoms with E-state index >= 15 is 0 Å². The van der Waals surface area contributed by atoms with Gasteiger partial charge in [-0.25, -0.2) is 9.59 Å². The fourth-order valence-corrected chi connectivity index (χ4v) is 4.78. The van der Waals surface area contributed by atoms with Gasteiger partial charge in [0.25, 0.3) is 0 Å². The van der Waals surface area contributed by atoms with Crippen molar-refractivity contribution in [2.75, 3.05) is 13.7 Å². The topological polar surface area (TPSA) is 79.7 Å². The molecule has 34 heavy (non-hydrogen) atoms. The van der Waals surface area contributed by atoms with Gasteiger partial charge >= 0.3 is 12.1 Å². The number of amides is 1. The van der Waals surface area contributed by atoms with Crippen LogP contribution in [0.2, 0.25) is 0 Å². The number of rotatable bonds is 6. The standard InChI is InChI=1S/C28H24N2O4/c1-30(26(27(31)32)15-19-8-6-7-18-13-14-29-16-24(18)19)28(33)34-17-25-22-11-4-2-9-20(22)21-10-3-5-12-23(21)25/h2-14,16,25-26H,15,17H2,1H3,(H,31,32)/t26-/m0/s1. The van der Waals surface area contributed by atoms with Crippen molar-refractivity contribution in [2.24, 2.45) is 0 Å². The third-order valence-electron chi connectivity index (χ3n) is 6.56. The molecule has 1 heterocycles. The minimum atomic E-state index is -1.09. The van der Waals surface area contributed by atoms with E-state index in [2.05, 4.69) is 17.1 Å². The van der Waals surface area contributed by atoms with Gasteiger partial charge in [-0.2, -0.15) is 0 Å².